The van der Waals surface area contributed by atoms with Crippen molar-refractivity contribution >= 4 is 13.6 Å². The molecular formula is C13H18Si. The van der Waals surface area contributed by atoms with E-state index in [9.17, 15) is 0 Å². The molecular weight excluding hydrogens is 184 g/mol. The van der Waals surface area contributed by atoms with Crippen LogP contribution < -0.4 is 0 Å². The largest absolute Gasteiger partial charge is 0.0834 e. The first-order valence-corrected chi connectivity index (χ1v) is 8.83. The van der Waals surface area contributed by atoms with E-state index in [1.807, 2.05) is 0 Å². The average Bonchev–Trinajstić information content (AvgIpc) is 2.19. The van der Waals surface area contributed by atoms with Crippen LogP contribution in [0.3, 0.4) is 0 Å². The fourth-order valence-corrected chi connectivity index (χ4v) is 3.94. The minimum absolute atomic E-state index is 0.842. The molecule has 0 amide bonds. The topological polar surface area (TPSA) is 0 Å². The molecule has 1 heteroatoms. The molecule has 0 spiro atoms. The third-order valence-electron chi connectivity index (χ3n) is 3.12. The van der Waals surface area contributed by atoms with Crippen molar-refractivity contribution in [2.24, 2.45) is 0 Å². The van der Waals surface area contributed by atoms with Crippen LogP contribution in [0.4, 0.5) is 0 Å². The van der Waals surface area contributed by atoms with Crippen LogP contribution in [-0.4, -0.2) is 8.07 Å². The molecule has 0 saturated carbocycles. The average molecular weight is 202 g/mol. The van der Waals surface area contributed by atoms with Crippen molar-refractivity contribution in [3.05, 3.63) is 42.0 Å². The monoisotopic (exact) mass is 202 g/mol. The van der Waals surface area contributed by atoms with Crippen molar-refractivity contribution in [3.63, 3.8) is 0 Å². The molecule has 0 fully saturated rings. The van der Waals surface area contributed by atoms with Gasteiger partial charge in [0.2, 0.25) is 0 Å². The second-order valence-electron chi connectivity index (χ2n) is 4.96. The van der Waals surface area contributed by atoms with Gasteiger partial charge in [-0.3, -0.25) is 0 Å². The third kappa shape index (κ3) is 2.15. The molecule has 0 N–H and O–H groups in total. The lowest BCUT2D eigenvalue weighted by atomic mass is 10.0. The second kappa shape index (κ2) is 3.74. The first-order valence-electron chi connectivity index (χ1n) is 5.42. The highest BCUT2D eigenvalue weighted by atomic mass is 28.3. The summed E-state index contributed by atoms with van der Waals surface area (Å²) in [6.45, 7) is 4.98. The van der Waals surface area contributed by atoms with Crippen molar-refractivity contribution in [1.29, 1.82) is 0 Å². The molecule has 0 saturated heterocycles. The van der Waals surface area contributed by atoms with Crippen molar-refractivity contribution in [3.8, 4) is 0 Å². The van der Waals surface area contributed by atoms with Crippen LogP contribution in [0.5, 0.6) is 0 Å². The van der Waals surface area contributed by atoms with Crippen LogP contribution in [-0.2, 0) is 0 Å². The number of hydrogen-bond acceptors (Lipinski definition) is 0. The molecule has 2 rings (SSSR count). The lowest BCUT2D eigenvalue weighted by molar-refractivity contribution is 1.12. The lowest BCUT2D eigenvalue weighted by Crippen LogP contribution is -2.26. The molecule has 0 unspecified atom stereocenters. The van der Waals surface area contributed by atoms with Crippen LogP contribution in [0, 0.1) is 0 Å². The van der Waals surface area contributed by atoms with Gasteiger partial charge < -0.3 is 0 Å². The van der Waals surface area contributed by atoms with Gasteiger partial charge in [0, 0.05) is 0 Å². The van der Waals surface area contributed by atoms with E-state index in [0.717, 1.165) is 0 Å². The number of benzene rings is 1. The van der Waals surface area contributed by atoms with Crippen LogP contribution in [0.15, 0.2) is 36.4 Å². The summed E-state index contributed by atoms with van der Waals surface area (Å²) in [4.78, 5) is 0. The van der Waals surface area contributed by atoms with E-state index in [4.69, 9.17) is 0 Å². The first-order chi connectivity index (χ1) is 6.67. The summed E-state index contributed by atoms with van der Waals surface area (Å²) in [6, 6.07) is 13.6. The van der Waals surface area contributed by atoms with E-state index < -0.39 is 8.07 Å². The van der Waals surface area contributed by atoms with Gasteiger partial charge in [-0.05, 0) is 23.6 Å². The smallest absolute Gasteiger partial charge is 0.0514 e. The molecule has 1 aliphatic rings. The van der Waals surface area contributed by atoms with Crippen LogP contribution in [0.2, 0.25) is 25.2 Å². The molecule has 0 atom stereocenters. The van der Waals surface area contributed by atoms with Gasteiger partial charge in [0.1, 0.15) is 0 Å². The molecule has 1 aromatic rings. The van der Waals surface area contributed by atoms with Crippen molar-refractivity contribution in [2.45, 2.75) is 31.6 Å². The molecule has 0 nitrogen and oxygen atoms in total. The predicted molar refractivity (Wildman–Crippen MR) is 66.1 cm³/mol. The predicted octanol–water partition coefficient (Wildman–Crippen LogP) is 4.18. The standard InChI is InChI=1S/C13H18Si/c1-14(2)10-8-13(9-11-14)12-6-4-3-5-7-12/h3-8H,9-11H2,1-2H3. The van der Waals surface area contributed by atoms with Crippen molar-refractivity contribution in [1.82, 2.24) is 0 Å². The highest BCUT2D eigenvalue weighted by Crippen LogP contribution is 2.32. The minimum atomic E-state index is -0.842. The summed E-state index contributed by atoms with van der Waals surface area (Å²) >= 11 is 0. The lowest BCUT2D eigenvalue weighted by Gasteiger charge is -2.26. The van der Waals surface area contributed by atoms with E-state index in [-0.39, 0.29) is 0 Å². The summed E-state index contributed by atoms with van der Waals surface area (Å²) in [5.41, 5.74) is 2.99. The number of allylic oxidation sites excluding steroid dienone is 2. The Hall–Kier alpha value is -0.823. The zero-order chi connectivity index (χ0) is 10.0. The van der Waals surface area contributed by atoms with Crippen LogP contribution in [0.25, 0.3) is 5.57 Å². The SMILES string of the molecule is C[Si]1(C)CC=C(c2ccccc2)CC1. The minimum Gasteiger partial charge on any atom is -0.0834 e. The quantitative estimate of drug-likeness (QED) is 0.599. The molecule has 1 aliphatic heterocycles. The first kappa shape index (κ1) is 9.72. The summed E-state index contributed by atoms with van der Waals surface area (Å²) in [7, 11) is -0.842. The number of rotatable bonds is 1. The third-order valence-corrected chi connectivity index (χ3v) is 6.03. The Morgan fingerprint density at radius 3 is 2.36 bits per heavy atom. The molecule has 1 heterocycles. The summed E-state index contributed by atoms with van der Waals surface area (Å²) in [5, 5.41) is 0. The number of hydrogen-bond donors (Lipinski definition) is 0. The highest BCUT2D eigenvalue weighted by molar-refractivity contribution is 6.78. The summed E-state index contributed by atoms with van der Waals surface area (Å²) < 4.78 is 0. The Morgan fingerprint density at radius 1 is 1.07 bits per heavy atom. The second-order valence-corrected chi connectivity index (χ2v) is 10.2. The van der Waals surface area contributed by atoms with Gasteiger partial charge in [0.05, 0.1) is 8.07 Å². The Balaban J connectivity index is 2.19. The van der Waals surface area contributed by atoms with Crippen molar-refractivity contribution < 1.29 is 0 Å². The highest BCUT2D eigenvalue weighted by Gasteiger charge is 2.23. The van der Waals surface area contributed by atoms with Gasteiger partial charge in [-0.2, -0.15) is 0 Å². The zero-order valence-electron chi connectivity index (χ0n) is 9.09. The zero-order valence-corrected chi connectivity index (χ0v) is 10.1. The molecule has 0 bridgehead atoms. The van der Waals surface area contributed by atoms with E-state index in [1.165, 1.54) is 24.1 Å². The fraction of sp³-hybridized carbons (Fsp3) is 0.385. The van der Waals surface area contributed by atoms with Crippen molar-refractivity contribution in [2.75, 3.05) is 0 Å². The Bertz CT molecular complexity index is 336. The van der Waals surface area contributed by atoms with Crippen LogP contribution >= 0.6 is 0 Å². The summed E-state index contributed by atoms with van der Waals surface area (Å²) in [5.74, 6) is 0. The Morgan fingerprint density at radius 2 is 1.79 bits per heavy atom. The maximum atomic E-state index is 2.49. The molecule has 0 aliphatic carbocycles. The van der Waals surface area contributed by atoms with Gasteiger partial charge >= 0.3 is 0 Å². The molecule has 0 radical (unpaired) electrons. The summed E-state index contributed by atoms with van der Waals surface area (Å²) in [6.07, 6.45) is 3.77. The van der Waals surface area contributed by atoms with E-state index in [1.54, 1.807) is 5.57 Å². The molecule has 14 heavy (non-hydrogen) atoms. The maximum absolute atomic E-state index is 2.49. The Labute approximate surface area is 87.7 Å². The molecule has 1 aromatic carbocycles. The van der Waals surface area contributed by atoms with E-state index in [0.29, 0.717) is 0 Å². The van der Waals surface area contributed by atoms with Gasteiger partial charge in [-0.15, -0.1) is 0 Å². The van der Waals surface area contributed by atoms with E-state index >= 15 is 0 Å². The fourth-order valence-electron chi connectivity index (χ4n) is 1.99. The van der Waals surface area contributed by atoms with Gasteiger partial charge in [0.15, 0.2) is 0 Å². The normalized spacial score (nSPS) is 20.3. The van der Waals surface area contributed by atoms with Gasteiger partial charge in [0.25, 0.3) is 0 Å². The van der Waals surface area contributed by atoms with Crippen LogP contribution in [0.1, 0.15) is 12.0 Å². The van der Waals surface area contributed by atoms with Gasteiger partial charge in [-0.25, -0.2) is 0 Å². The van der Waals surface area contributed by atoms with E-state index in [2.05, 4.69) is 49.5 Å². The molecule has 74 valence electrons. The Kier molecular flexibility index (Phi) is 2.59. The van der Waals surface area contributed by atoms with Gasteiger partial charge in [-0.1, -0.05) is 55.5 Å². The molecule has 0 aromatic heterocycles. The maximum Gasteiger partial charge on any atom is 0.0514 e.